The van der Waals surface area contributed by atoms with Crippen LogP contribution in [0.3, 0.4) is 0 Å². The SMILES string of the molecule is NC1=N[C@@]2(CCCc3ccccc32)C(F)(F)C(c2ccc(Cl)cn2)O1. The van der Waals surface area contributed by atoms with E-state index in [2.05, 4.69) is 9.98 Å². The van der Waals surface area contributed by atoms with Crippen molar-refractivity contribution in [1.82, 2.24) is 4.98 Å². The molecule has 0 amide bonds. The van der Waals surface area contributed by atoms with Crippen molar-refractivity contribution in [2.45, 2.75) is 36.8 Å². The van der Waals surface area contributed by atoms with Crippen molar-refractivity contribution in [2.24, 2.45) is 10.7 Å². The number of fused-ring (bicyclic) bond motifs is 2. The first kappa shape index (κ1) is 16.3. The number of hydrogen-bond donors (Lipinski definition) is 1. The Hall–Kier alpha value is -2.21. The second-order valence-electron chi connectivity index (χ2n) is 6.34. The third-order valence-corrected chi connectivity index (χ3v) is 5.11. The van der Waals surface area contributed by atoms with E-state index in [1.165, 1.54) is 18.3 Å². The van der Waals surface area contributed by atoms with E-state index >= 15 is 8.78 Å². The van der Waals surface area contributed by atoms with Crippen LogP contribution in [0.15, 0.2) is 47.6 Å². The van der Waals surface area contributed by atoms with E-state index in [1.807, 2.05) is 12.1 Å². The van der Waals surface area contributed by atoms with Crippen LogP contribution in [-0.4, -0.2) is 16.9 Å². The van der Waals surface area contributed by atoms with Gasteiger partial charge in [0.05, 0.1) is 10.7 Å². The number of aliphatic imine (C=N–C) groups is 1. The van der Waals surface area contributed by atoms with Crippen LogP contribution in [0.4, 0.5) is 8.78 Å². The average Bonchev–Trinajstić information content (AvgIpc) is 2.60. The van der Waals surface area contributed by atoms with Crippen LogP contribution in [0.2, 0.25) is 5.02 Å². The van der Waals surface area contributed by atoms with E-state index in [1.54, 1.807) is 12.1 Å². The number of alkyl halides is 2. The molecule has 0 saturated heterocycles. The standard InChI is InChI=1S/C18H16ClF2N3O/c19-12-7-8-14(23-10-12)15-18(20,21)17(24-16(22)25-15)9-3-5-11-4-1-2-6-13(11)17/h1-2,4,6-8,10,15H,3,5,9H2,(H2,22,24)/t15?,17-/m1/s1. The lowest BCUT2D eigenvalue weighted by Gasteiger charge is -2.46. The number of ether oxygens (including phenoxy) is 1. The van der Waals surface area contributed by atoms with Gasteiger partial charge in [0.15, 0.2) is 5.54 Å². The van der Waals surface area contributed by atoms with Crippen LogP contribution in [0.5, 0.6) is 0 Å². The quantitative estimate of drug-likeness (QED) is 0.833. The first-order valence-corrected chi connectivity index (χ1v) is 8.41. The molecule has 1 aliphatic carbocycles. The van der Waals surface area contributed by atoms with Crippen molar-refractivity contribution < 1.29 is 13.5 Å². The molecule has 0 fully saturated rings. The van der Waals surface area contributed by atoms with Gasteiger partial charge in [-0.25, -0.2) is 4.99 Å². The van der Waals surface area contributed by atoms with Gasteiger partial charge in [-0.2, -0.15) is 8.78 Å². The summed E-state index contributed by atoms with van der Waals surface area (Å²) in [5.41, 5.74) is 5.54. The molecule has 0 bridgehead atoms. The molecule has 1 spiro atoms. The van der Waals surface area contributed by atoms with Gasteiger partial charge in [-0.05, 0) is 42.5 Å². The fourth-order valence-corrected chi connectivity index (χ4v) is 3.87. The van der Waals surface area contributed by atoms with Gasteiger partial charge >= 0.3 is 5.92 Å². The first-order valence-electron chi connectivity index (χ1n) is 8.04. The summed E-state index contributed by atoms with van der Waals surface area (Å²) in [6, 6.07) is 9.86. The van der Waals surface area contributed by atoms with Crippen molar-refractivity contribution in [3.8, 4) is 0 Å². The average molecular weight is 364 g/mol. The fraction of sp³-hybridized carbons (Fsp3) is 0.333. The van der Waals surface area contributed by atoms with Gasteiger partial charge in [0, 0.05) is 6.20 Å². The Morgan fingerprint density at radius 2 is 2.00 bits per heavy atom. The smallest absolute Gasteiger partial charge is 0.318 e. The zero-order valence-electron chi connectivity index (χ0n) is 13.3. The Morgan fingerprint density at radius 3 is 2.76 bits per heavy atom. The maximum absolute atomic E-state index is 15.7. The summed E-state index contributed by atoms with van der Waals surface area (Å²) < 4.78 is 36.6. The fourth-order valence-electron chi connectivity index (χ4n) is 3.76. The highest BCUT2D eigenvalue weighted by molar-refractivity contribution is 6.30. The van der Waals surface area contributed by atoms with E-state index < -0.39 is 17.6 Å². The monoisotopic (exact) mass is 363 g/mol. The minimum Gasteiger partial charge on any atom is -0.449 e. The highest BCUT2D eigenvalue weighted by atomic mass is 35.5. The molecular formula is C18H16ClF2N3O. The largest absolute Gasteiger partial charge is 0.449 e. The van der Waals surface area contributed by atoms with Crippen LogP contribution in [0, 0.1) is 0 Å². The minimum absolute atomic E-state index is 0.0784. The molecule has 2 aliphatic rings. The number of halogens is 3. The predicted octanol–water partition coefficient (Wildman–Crippen LogP) is 3.99. The van der Waals surface area contributed by atoms with Gasteiger partial charge in [0.25, 0.3) is 6.02 Å². The van der Waals surface area contributed by atoms with E-state index in [9.17, 15) is 0 Å². The molecule has 1 unspecified atom stereocenters. The lowest BCUT2D eigenvalue weighted by Crippen LogP contribution is -2.55. The second-order valence-corrected chi connectivity index (χ2v) is 6.78. The number of hydrogen-bond acceptors (Lipinski definition) is 4. The molecule has 2 heterocycles. The van der Waals surface area contributed by atoms with E-state index in [4.69, 9.17) is 22.1 Å². The van der Waals surface area contributed by atoms with Crippen LogP contribution in [-0.2, 0) is 16.7 Å². The number of amidine groups is 1. The lowest BCUT2D eigenvalue weighted by atomic mass is 9.70. The van der Waals surface area contributed by atoms with Gasteiger partial charge in [0.1, 0.15) is 0 Å². The summed E-state index contributed by atoms with van der Waals surface area (Å²) in [6.07, 6.45) is 1.25. The third-order valence-electron chi connectivity index (χ3n) is 4.89. The molecule has 0 radical (unpaired) electrons. The number of aryl methyl sites for hydroxylation is 1. The highest BCUT2D eigenvalue weighted by Gasteiger charge is 2.65. The Bertz CT molecular complexity index is 840. The number of nitrogens with two attached hydrogens (primary N) is 1. The molecule has 4 rings (SSSR count). The topological polar surface area (TPSA) is 60.5 Å². The van der Waals surface area contributed by atoms with Crippen molar-refractivity contribution >= 4 is 17.6 Å². The van der Waals surface area contributed by atoms with Gasteiger partial charge in [-0.3, -0.25) is 4.98 Å². The minimum atomic E-state index is -3.31. The van der Waals surface area contributed by atoms with Crippen molar-refractivity contribution in [2.75, 3.05) is 0 Å². The van der Waals surface area contributed by atoms with Crippen LogP contribution >= 0.6 is 11.6 Å². The maximum atomic E-state index is 15.7. The number of benzene rings is 1. The van der Waals surface area contributed by atoms with E-state index in [0.717, 1.165) is 12.0 Å². The van der Waals surface area contributed by atoms with Crippen molar-refractivity contribution in [3.63, 3.8) is 0 Å². The molecule has 2 N–H and O–H groups in total. The molecule has 7 heteroatoms. The summed E-state index contributed by atoms with van der Waals surface area (Å²) in [5, 5.41) is 0.363. The van der Waals surface area contributed by atoms with Gasteiger partial charge in [0.2, 0.25) is 6.10 Å². The number of nitrogens with zero attached hydrogens (tertiary/aromatic N) is 2. The van der Waals surface area contributed by atoms with Crippen LogP contribution < -0.4 is 5.73 Å². The molecule has 2 aromatic rings. The van der Waals surface area contributed by atoms with Crippen molar-refractivity contribution in [3.05, 3.63) is 64.4 Å². The molecule has 1 aromatic heterocycles. The van der Waals surface area contributed by atoms with Gasteiger partial charge in [-0.1, -0.05) is 35.9 Å². The molecular weight excluding hydrogens is 348 g/mol. The summed E-state index contributed by atoms with van der Waals surface area (Å²) in [5.74, 6) is -3.31. The summed E-state index contributed by atoms with van der Waals surface area (Å²) >= 11 is 5.82. The van der Waals surface area contributed by atoms with E-state index in [-0.39, 0.29) is 18.1 Å². The Labute approximate surface area is 148 Å². The van der Waals surface area contributed by atoms with E-state index in [0.29, 0.717) is 17.0 Å². The third kappa shape index (κ3) is 2.39. The van der Waals surface area contributed by atoms with Gasteiger partial charge in [-0.15, -0.1) is 0 Å². The zero-order valence-corrected chi connectivity index (χ0v) is 14.0. The van der Waals surface area contributed by atoms with Gasteiger partial charge < -0.3 is 10.5 Å². The van der Waals surface area contributed by atoms with Crippen LogP contribution in [0.1, 0.15) is 35.8 Å². The number of aromatic nitrogens is 1. The molecule has 4 nitrogen and oxygen atoms in total. The Kier molecular flexibility index (Phi) is 3.68. The molecule has 25 heavy (non-hydrogen) atoms. The Morgan fingerprint density at radius 1 is 1.20 bits per heavy atom. The van der Waals surface area contributed by atoms with Crippen LogP contribution in [0.25, 0.3) is 0 Å². The normalized spacial score (nSPS) is 27.3. The number of rotatable bonds is 1. The summed E-state index contributed by atoms with van der Waals surface area (Å²) in [7, 11) is 0. The molecule has 130 valence electrons. The predicted molar refractivity (Wildman–Crippen MR) is 90.7 cm³/mol. The molecule has 1 aromatic carbocycles. The van der Waals surface area contributed by atoms with Crippen molar-refractivity contribution in [1.29, 1.82) is 0 Å². The number of pyridine rings is 1. The lowest BCUT2D eigenvalue weighted by molar-refractivity contribution is -0.176. The Balaban J connectivity index is 1.89. The maximum Gasteiger partial charge on any atom is 0.318 e. The molecule has 1 aliphatic heterocycles. The first-order chi connectivity index (χ1) is 11.9. The summed E-state index contributed by atoms with van der Waals surface area (Å²) in [6.45, 7) is 0. The highest BCUT2D eigenvalue weighted by Crippen LogP contribution is 2.56. The molecule has 0 saturated carbocycles. The zero-order chi connectivity index (χ0) is 17.7. The summed E-state index contributed by atoms with van der Waals surface area (Å²) in [4.78, 5) is 8.15. The second kappa shape index (κ2) is 5.66. The molecule has 2 atom stereocenters.